The van der Waals surface area contributed by atoms with Crippen molar-refractivity contribution in [2.45, 2.75) is 37.4 Å². The van der Waals surface area contributed by atoms with E-state index < -0.39 is 11.7 Å². The second kappa shape index (κ2) is 8.02. The van der Waals surface area contributed by atoms with E-state index in [1.54, 1.807) is 11.8 Å². The second-order valence-electron chi connectivity index (χ2n) is 5.08. The third-order valence-electron chi connectivity index (χ3n) is 3.42. The first-order chi connectivity index (χ1) is 10.1. The van der Waals surface area contributed by atoms with Crippen LogP contribution in [0.25, 0.3) is 0 Å². The number of thioether (sulfide) groups is 1. The van der Waals surface area contributed by atoms with Gasteiger partial charge in [0.2, 0.25) is 5.91 Å². The summed E-state index contributed by atoms with van der Waals surface area (Å²) in [6.45, 7) is 0. The molecule has 0 heterocycles. The summed E-state index contributed by atoms with van der Waals surface area (Å²) in [5.74, 6) is -0.736. The van der Waals surface area contributed by atoms with Crippen molar-refractivity contribution in [2.24, 2.45) is 0 Å². The molecule has 0 aliphatic heterocycles. The lowest BCUT2D eigenvalue weighted by molar-refractivity contribution is -0.119. The van der Waals surface area contributed by atoms with Crippen LogP contribution in [0.15, 0.2) is 24.3 Å². The van der Waals surface area contributed by atoms with E-state index in [0.29, 0.717) is 16.6 Å². The van der Waals surface area contributed by atoms with Crippen LogP contribution in [0.3, 0.4) is 0 Å². The van der Waals surface area contributed by atoms with Gasteiger partial charge in [-0.1, -0.05) is 19.3 Å². The molecule has 4 nitrogen and oxygen atoms in total. The monoisotopic (exact) mass is 310 g/mol. The molecule has 1 aromatic carbocycles. The van der Waals surface area contributed by atoms with Crippen molar-refractivity contribution >= 4 is 23.6 Å². The largest absolute Gasteiger partial charge is 0.272 e. The number of amides is 2. The SMILES string of the molecule is O=C(CSC1CCCCC1)NNC(=O)c1ccc(F)cc1. The van der Waals surface area contributed by atoms with Crippen molar-refractivity contribution < 1.29 is 14.0 Å². The third-order valence-corrected chi connectivity index (χ3v) is 4.80. The highest BCUT2D eigenvalue weighted by Crippen LogP contribution is 2.27. The highest BCUT2D eigenvalue weighted by molar-refractivity contribution is 8.00. The van der Waals surface area contributed by atoms with Gasteiger partial charge in [-0.2, -0.15) is 0 Å². The summed E-state index contributed by atoms with van der Waals surface area (Å²) in [4.78, 5) is 23.4. The van der Waals surface area contributed by atoms with E-state index in [9.17, 15) is 14.0 Å². The third kappa shape index (κ3) is 5.38. The van der Waals surface area contributed by atoms with Gasteiger partial charge in [0.15, 0.2) is 0 Å². The summed E-state index contributed by atoms with van der Waals surface area (Å²) in [5, 5.41) is 0.553. The maximum absolute atomic E-state index is 12.7. The van der Waals surface area contributed by atoms with Crippen molar-refractivity contribution in [1.82, 2.24) is 10.9 Å². The van der Waals surface area contributed by atoms with Gasteiger partial charge in [-0.3, -0.25) is 20.4 Å². The summed E-state index contributed by atoms with van der Waals surface area (Å²) in [6.07, 6.45) is 6.10. The topological polar surface area (TPSA) is 58.2 Å². The molecule has 0 atom stereocenters. The molecule has 0 radical (unpaired) electrons. The molecule has 2 amide bonds. The van der Waals surface area contributed by atoms with Crippen molar-refractivity contribution in [3.63, 3.8) is 0 Å². The first-order valence-electron chi connectivity index (χ1n) is 7.11. The van der Waals surface area contributed by atoms with Crippen LogP contribution in [0.5, 0.6) is 0 Å². The van der Waals surface area contributed by atoms with E-state index in [1.807, 2.05) is 0 Å². The first kappa shape index (κ1) is 15.8. The lowest BCUT2D eigenvalue weighted by Crippen LogP contribution is -2.42. The van der Waals surface area contributed by atoms with Crippen molar-refractivity contribution in [3.8, 4) is 0 Å². The predicted molar refractivity (Wildman–Crippen MR) is 81.3 cm³/mol. The van der Waals surface area contributed by atoms with Crippen molar-refractivity contribution in [1.29, 1.82) is 0 Å². The van der Waals surface area contributed by atoms with Crippen LogP contribution >= 0.6 is 11.8 Å². The molecule has 1 saturated carbocycles. The number of hydrogen-bond donors (Lipinski definition) is 2. The molecule has 1 aliphatic carbocycles. The van der Waals surface area contributed by atoms with E-state index in [4.69, 9.17) is 0 Å². The van der Waals surface area contributed by atoms with Gasteiger partial charge in [0.25, 0.3) is 5.91 Å². The Morgan fingerprint density at radius 1 is 1.10 bits per heavy atom. The maximum atomic E-state index is 12.7. The van der Waals surface area contributed by atoms with E-state index >= 15 is 0 Å². The number of benzene rings is 1. The van der Waals surface area contributed by atoms with Crippen LogP contribution in [0.2, 0.25) is 0 Å². The minimum absolute atomic E-state index is 0.221. The molecule has 2 N–H and O–H groups in total. The molecule has 2 rings (SSSR count). The van der Waals surface area contributed by atoms with Gasteiger partial charge >= 0.3 is 0 Å². The average molecular weight is 310 g/mol. The van der Waals surface area contributed by atoms with Crippen LogP contribution in [0.4, 0.5) is 4.39 Å². The number of hydrazine groups is 1. The fourth-order valence-corrected chi connectivity index (χ4v) is 3.39. The van der Waals surface area contributed by atoms with Crippen molar-refractivity contribution in [2.75, 3.05) is 5.75 Å². The number of carbonyl (C=O) groups excluding carboxylic acids is 2. The number of carbonyl (C=O) groups is 2. The molecule has 0 unspecified atom stereocenters. The van der Waals surface area contributed by atoms with E-state index in [2.05, 4.69) is 10.9 Å². The van der Waals surface area contributed by atoms with Crippen molar-refractivity contribution in [3.05, 3.63) is 35.6 Å². The van der Waals surface area contributed by atoms with Gasteiger partial charge in [0, 0.05) is 10.8 Å². The second-order valence-corrected chi connectivity index (χ2v) is 6.37. The average Bonchev–Trinajstić information content (AvgIpc) is 2.52. The highest BCUT2D eigenvalue weighted by atomic mass is 32.2. The summed E-state index contributed by atoms with van der Waals surface area (Å²) in [6, 6.07) is 5.15. The van der Waals surface area contributed by atoms with Gasteiger partial charge in [0.1, 0.15) is 5.82 Å². The molecular weight excluding hydrogens is 291 g/mol. The molecule has 1 aromatic rings. The van der Waals surface area contributed by atoms with Gasteiger partial charge in [-0.15, -0.1) is 11.8 Å². The van der Waals surface area contributed by atoms with Gasteiger partial charge in [0.05, 0.1) is 5.75 Å². The van der Waals surface area contributed by atoms with Crippen LogP contribution in [-0.2, 0) is 4.79 Å². The quantitative estimate of drug-likeness (QED) is 0.841. The van der Waals surface area contributed by atoms with Crippen LogP contribution in [-0.4, -0.2) is 22.8 Å². The Morgan fingerprint density at radius 2 is 1.76 bits per heavy atom. The number of nitrogens with one attached hydrogen (secondary N) is 2. The minimum Gasteiger partial charge on any atom is -0.272 e. The molecule has 21 heavy (non-hydrogen) atoms. The highest BCUT2D eigenvalue weighted by Gasteiger charge is 2.15. The number of rotatable bonds is 4. The standard InChI is InChI=1S/C15H19FN2O2S/c16-12-8-6-11(7-9-12)15(20)18-17-14(19)10-21-13-4-2-1-3-5-13/h6-9,13H,1-5,10H2,(H,17,19)(H,18,20). The summed E-state index contributed by atoms with van der Waals surface area (Å²) < 4.78 is 12.7. The lowest BCUT2D eigenvalue weighted by atomic mass is 10.0. The summed E-state index contributed by atoms with van der Waals surface area (Å²) >= 11 is 1.64. The molecule has 0 aromatic heterocycles. The Balaban J connectivity index is 1.68. The molecule has 6 heteroatoms. The number of hydrogen-bond acceptors (Lipinski definition) is 3. The fraction of sp³-hybridized carbons (Fsp3) is 0.467. The fourth-order valence-electron chi connectivity index (χ4n) is 2.26. The predicted octanol–water partition coefficient (Wildman–Crippen LogP) is 2.65. The Labute approximate surface area is 127 Å². The maximum Gasteiger partial charge on any atom is 0.269 e. The van der Waals surface area contributed by atoms with E-state index in [0.717, 1.165) is 0 Å². The molecule has 0 saturated heterocycles. The van der Waals surface area contributed by atoms with Gasteiger partial charge in [-0.25, -0.2) is 4.39 Å². The molecule has 1 fully saturated rings. The lowest BCUT2D eigenvalue weighted by Gasteiger charge is -2.20. The minimum atomic E-state index is -0.453. The Morgan fingerprint density at radius 3 is 2.43 bits per heavy atom. The van der Waals surface area contributed by atoms with Crippen LogP contribution < -0.4 is 10.9 Å². The molecular formula is C15H19FN2O2S. The van der Waals surface area contributed by atoms with E-state index in [1.165, 1.54) is 56.4 Å². The van der Waals surface area contributed by atoms with E-state index in [-0.39, 0.29) is 5.91 Å². The smallest absolute Gasteiger partial charge is 0.269 e. The Bertz CT molecular complexity index is 487. The van der Waals surface area contributed by atoms with Gasteiger partial charge < -0.3 is 0 Å². The first-order valence-corrected chi connectivity index (χ1v) is 8.16. The number of halogens is 1. The van der Waals surface area contributed by atoms with Gasteiger partial charge in [-0.05, 0) is 37.1 Å². The molecule has 0 bridgehead atoms. The Kier molecular flexibility index (Phi) is 6.04. The molecule has 114 valence electrons. The Hall–Kier alpha value is -1.56. The van der Waals surface area contributed by atoms with Crippen LogP contribution in [0.1, 0.15) is 42.5 Å². The zero-order chi connectivity index (χ0) is 15.1. The summed E-state index contributed by atoms with van der Waals surface area (Å²) in [7, 11) is 0. The van der Waals surface area contributed by atoms with Crippen LogP contribution in [0, 0.1) is 5.82 Å². The molecule has 0 spiro atoms. The molecule has 1 aliphatic rings. The zero-order valence-electron chi connectivity index (χ0n) is 11.7. The normalized spacial score (nSPS) is 15.5. The summed E-state index contributed by atoms with van der Waals surface area (Å²) in [5.41, 5.74) is 5.02. The zero-order valence-corrected chi connectivity index (χ0v) is 12.5.